The number of rotatable bonds is 4. The van der Waals surface area contributed by atoms with Gasteiger partial charge in [0.2, 0.25) is 0 Å². The van der Waals surface area contributed by atoms with Crippen molar-refractivity contribution in [2.45, 2.75) is 43.6 Å². The van der Waals surface area contributed by atoms with Crippen molar-refractivity contribution in [3.63, 3.8) is 0 Å². The van der Waals surface area contributed by atoms with Crippen LogP contribution < -0.4 is 11.3 Å². The summed E-state index contributed by atoms with van der Waals surface area (Å²) in [5, 5.41) is 0.804. The van der Waals surface area contributed by atoms with Gasteiger partial charge in [0.1, 0.15) is 11.6 Å². The highest BCUT2D eigenvalue weighted by atomic mass is 32.2. The van der Waals surface area contributed by atoms with Crippen LogP contribution in [0.4, 0.5) is 5.82 Å². The molecule has 0 radical (unpaired) electrons. The number of hydrazine groups is 1. The second-order valence-electron chi connectivity index (χ2n) is 4.17. The Hall–Kier alpha value is -0.810. The van der Waals surface area contributed by atoms with Crippen molar-refractivity contribution < 1.29 is 0 Å². The summed E-state index contributed by atoms with van der Waals surface area (Å²) in [6.45, 7) is 1.96. The van der Waals surface area contributed by atoms with Gasteiger partial charge in [-0.15, -0.1) is 0 Å². The summed E-state index contributed by atoms with van der Waals surface area (Å²) in [5.41, 5.74) is 3.54. The van der Waals surface area contributed by atoms with E-state index in [1.54, 1.807) is 0 Å². The summed E-state index contributed by atoms with van der Waals surface area (Å²) in [7, 11) is 0. The number of aryl methyl sites for hydroxylation is 1. The lowest BCUT2D eigenvalue weighted by molar-refractivity contribution is 0.886. The van der Waals surface area contributed by atoms with Gasteiger partial charge in [-0.3, -0.25) is 0 Å². The number of aromatic nitrogens is 2. The van der Waals surface area contributed by atoms with Gasteiger partial charge >= 0.3 is 0 Å². The van der Waals surface area contributed by atoms with Gasteiger partial charge in [-0.05, 0) is 19.8 Å². The van der Waals surface area contributed by atoms with Crippen molar-refractivity contribution in [3.05, 3.63) is 17.6 Å². The Bertz CT molecular complexity index is 350. The molecule has 0 spiro atoms. The molecule has 1 saturated carbocycles. The number of nitrogens with two attached hydrogens (primary N) is 1. The molecule has 0 atom stereocenters. The Balaban J connectivity index is 1.94. The van der Waals surface area contributed by atoms with Crippen molar-refractivity contribution in [2.24, 2.45) is 5.84 Å². The van der Waals surface area contributed by atoms with E-state index in [4.69, 9.17) is 5.84 Å². The summed E-state index contributed by atoms with van der Waals surface area (Å²) in [6.07, 6.45) is 5.45. The third-order valence-corrected chi connectivity index (χ3v) is 4.17. The van der Waals surface area contributed by atoms with Gasteiger partial charge < -0.3 is 5.43 Å². The molecule has 0 unspecified atom stereocenters. The molecule has 0 amide bonds. The second-order valence-corrected chi connectivity index (χ2v) is 5.46. The number of hydrogen-bond acceptors (Lipinski definition) is 5. The molecule has 0 saturated heterocycles. The number of nitrogens with one attached hydrogen (secondary N) is 1. The maximum atomic E-state index is 5.36. The third-order valence-electron chi connectivity index (χ3n) is 2.80. The fourth-order valence-corrected chi connectivity index (χ4v) is 3.20. The fraction of sp³-hybridized carbons (Fsp3) is 0.636. The Morgan fingerprint density at radius 2 is 2.19 bits per heavy atom. The summed E-state index contributed by atoms with van der Waals surface area (Å²) >= 11 is 1.97. The van der Waals surface area contributed by atoms with Crippen LogP contribution in [0.15, 0.2) is 6.07 Å². The van der Waals surface area contributed by atoms with Crippen molar-refractivity contribution in [1.29, 1.82) is 0 Å². The van der Waals surface area contributed by atoms with E-state index in [1.165, 1.54) is 25.7 Å². The Morgan fingerprint density at radius 3 is 2.88 bits per heavy atom. The lowest BCUT2D eigenvalue weighted by Crippen LogP contribution is -2.11. The van der Waals surface area contributed by atoms with Gasteiger partial charge in [0, 0.05) is 17.0 Å². The quantitative estimate of drug-likeness (QED) is 0.622. The highest BCUT2D eigenvalue weighted by Gasteiger charge is 2.15. The van der Waals surface area contributed by atoms with Crippen LogP contribution in [-0.4, -0.2) is 15.2 Å². The molecule has 1 fully saturated rings. The molecule has 0 aliphatic heterocycles. The van der Waals surface area contributed by atoms with Crippen LogP contribution in [0, 0.1) is 6.92 Å². The SMILES string of the molecule is Cc1cc(NN)nc(CSC2CCCC2)n1. The number of thioether (sulfide) groups is 1. The van der Waals surface area contributed by atoms with Crippen molar-refractivity contribution in [3.8, 4) is 0 Å². The van der Waals surface area contributed by atoms with E-state index >= 15 is 0 Å². The summed E-state index contributed by atoms with van der Waals surface area (Å²) in [5.74, 6) is 7.83. The average Bonchev–Trinajstić information content (AvgIpc) is 2.78. The predicted octanol–water partition coefficient (Wildman–Crippen LogP) is 2.25. The van der Waals surface area contributed by atoms with E-state index in [1.807, 2.05) is 24.8 Å². The van der Waals surface area contributed by atoms with Crippen LogP contribution >= 0.6 is 11.8 Å². The molecule has 0 aromatic carbocycles. The molecule has 1 heterocycles. The lowest BCUT2D eigenvalue weighted by Gasteiger charge is -2.09. The van der Waals surface area contributed by atoms with Crippen LogP contribution in [0.3, 0.4) is 0 Å². The van der Waals surface area contributed by atoms with E-state index in [-0.39, 0.29) is 0 Å². The molecule has 16 heavy (non-hydrogen) atoms. The zero-order valence-corrected chi connectivity index (χ0v) is 10.4. The first-order valence-electron chi connectivity index (χ1n) is 5.70. The number of nitrogen functional groups attached to an aromatic ring is 1. The molecule has 3 N–H and O–H groups in total. The first-order chi connectivity index (χ1) is 7.78. The van der Waals surface area contributed by atoms with Crippen LogP contribution in [-0.2, 0) is 5.75 Å². The van der Waals surface area contributed by atoms with E-state index in [9.17, 15) is 0 Å². The van der Waals surface area contributed by atoms with E-state index < -0.39 is 0 Å². The lowest BCUT2D eigenvalue weighted by atomic mass is 10.4. The first kappa shape index (κ1) is 11.7. The Kier molecular flexibility index (Phi) is 4.01. The molecule has 5 heteroatoms. The van der Waals surface area contributed by atoms with Crippen LogP contribution in [0.2, 0.25) is 0 Å². The van der Waals surface area contributed by atoms with E-state index in [0.717, 1.165) is 22.5 Å². The highest BCUT2D eigenvalue weighted by molar-refractivity contribution is 7.99. The smallest absolute Gasteiger partial charge is 0.143 e. The fourth-order valence-electron chi connectivity index (χ4n) is 2.02. The zero-order chi connectivity index (χ0) is 11.4. The predicted molar refractivity (Wildman–Crippen MR) is 68.1 cm³/mol. The third kappa shape index (κ3) is 3.09. The van der Waals surface area contributed by atoms with Crippen molar-refractivity contribution in [1.82, 2.24) is 9.97 Å². The molecule has 0 bridgehead atoms. The average molecular weight is 238 g/mol. The minimum atomic E-state index is 0.703. The Morgan fingerprint density at radius 1 is 1.44 bits per heavy atom. The van der Waals surface area contributed by atoms with E-state index in [2.05, 4.69) is 15.4 Å². The largest absolute Gasteiger partial charge is 0.308 e. The summed E-state index contributed by atoms with van der Waals surface area (Å²) in [4.78, 5) is 8.76. The number of hydrogen-bond donors (Lipinski definition) is 2. The zero-order valence-electron chi connectivity index (χ0n) is 9.57. The minimum Gasteiger partial charge on any atom is -0.308 e. The maximum Gasteiger partial charge on any atom is 0.143 e. The highest BCUT2D eigenvalue weighted by Crippen LogP contribution is 2.31. The minimum absolute atomic E-state index is 0.703. The molecule has 1 aromatic rings. The first-order valence-corrected chi connectivity index (χ1v) is 6.75. The van der Waals surface area contributed by atoms with Gasteiger partial charge in [-0.25, -0.2) is 15.8 Å². The molecule has 1 aliphatic carbocycles. The second kappa shape index (κ2) is 5.50. The molecule has 2 rings (SSSR count). The van der Waals surface area contributed by atoms with Crippen LogP contribution in [0.25, 0.3) is 0 Å². The van der Waals surface area contributed by atoms with E-state index in [0.29, 0.717) is 5.82 Å². The molecular weight excluding hydrogens is 220 g/mol. The van der Waals surface area contributed by atoms with Crippen LogP contribution in [0.5, 0.6) is 0 Å². The van der Waals surface area contributed by atoms with Gasteiger partial charge in [-0.1, -0.05) is 12.8 Å². The number of anilines is 1. The van der Waals surface area contributed by atoms with Gasteiger partial charge in [0.15, 0.2) is 0 Å². The number of nitrogens with zero attached hydrogens (tertiary/aromatic N) is 2. The van der Waals surface area contributed by atoms with Crippen LogP contribution in [0.1, 0.15) is 37.2 Å². The molecule has 88 valence electrons. The van der Waals surface area contributed by atoms with Crippen molar-refractivity contribution in [2.75, 3.05) is 5.43 Å². The standard InChI is InChI=1S/C11H18N4S/c1-8-6-10(15-12)14-11(13-8)7-16-9-4-2-3-5-9/h6,9H,2-5,7,12H2,1H3,(H,13,14,15). The molecular formula is C11H18N4S. The molecule has 1 aliphatic rings. The molecule has 4 nitrogen and oxygen atoms in total. The molecule has 1 aromatic heterocycles. The van der Waals surface area contributed by atoms with Gasteiger partial charge in [0.05, 0.1) is 5.75 Å². The monoisotopic (exact) mass is 238 g/mol. The van der Waals surface area contributed by atoms with Crippen molar-refractivity contribution >= 4 is 17.6 Å². The topological polar surface area (TPSA) is 63.8 Å². The maximum absolute atomic E-state index is 5.36. The normalized spacial score (nSPS) is 16.6. The summed E-state index contributed by atoms with van der Waals surface area (Å²) in [6, 6.07) is 1.85. The summed E-state index contributed by atoms with van der Waals surface area (Å²) < 4.78 is 0. The van der Waals surface area contributed by atoms with Gasteiger partial charge in [-0.2, -0.15) is 11.8 Å². The van der Waals surface area contributed by atoms with Gasteiger partial charge in [0.25, 0.3) is 0 Å². The Labute approximate surface area is 100 Å².